The summed E-state index contributed by atoms with van der Waals surface area (Å²) in [6.45, 7) is 0. The highest BCUT2D eigenvalue weighted by molar-refractivity contribution is 8.26. The van der Waals surface area contributed by atoms with E-state index < -0.39 is 16.4 Å². The van der Waals surface area contributed by atoms with Gasteiger partial charge in [0.1, 0.15) is 10.1 Å². The van der Waals surface area contributed by atoms with Crippen molar-refractivity contribution in [3.05, 3.63) is 32.7 Å². The number of nitrogens with zero attached hydrogens (tertiary/aromatic N) is 2. The summed E-state index contributed by atoms with van der Waals surface area (Å²) in [6.07, 6.45) is 1.44. The second-order valence-electron chi connectivity index (χ2n) is 4.07. The van der Waals surface area contributed by atoms with Gasteiger partial charge in [0.15, 0.2) is 0 Å². The first-order chi connectivity index (χ1) is 9.85. The Kier molecular flexibility index (Phi) is 4.14. The van der Waals surface area contributed by atoms with Gasteiger partial charge in [0.05, 0.1) is 16.9 Å². The van der Waals surface area contributed by atoms with Gasteiger partial charge in [0.2, 0.25) is 0 Å². The van der Waals surface area contributed by atoms with Crippen LogP contribution in [0.1, 0.15) is 5.56 Å². The molecule has 1 aromatic rings. The Morgan fingerprint density at radius 1 is 1.48 bits per heavy atom. The van der Waals surface area contributed by atoms with Gasteiger partial charge in [-0.25, -0.2) is 0 Å². The Morgan fingerprint density at radius 3 is 2.62 bits per heavy atom. The van der Waals surface area contributed by atoms with E-state index in [0.29, 0.717) is 14.8 Å². The summed E-state index contributed by atoms with van der Waals surface area (Å²) in [5.74, 6) is -1.25. The molecule has 1 fully saturated rings. The molecule has 0 atom stereocenters. The summed E-state index contributed by atoms with van der Waals surface area (Å²) in [7, 11) is 2.79. The van der Waals surface area contributed by atoms with E-state index >= 15 is 0 Å². The number of thiocarbonyl (C=S) groups is 1. The zero-order valence-electron chi connectivity index (χ0n) is 11.0. The second kappa shape index (κ2) is 5.70. The Morgan fingerprint density at radius 2 is 2.14 bits per heavy atom. The number of rotatable bonds is 3. The van der Waals surface area contributed by atoms with Gasteiger partial charge < -0.3 is 9.84 Å². The minimum atomic E-state index is -0.803. The maximum Gasteiger partial charge on any atom is 0.266 e. The molecule has 21 heavy (non-hydrogen) atoms. The molecular formula is C12H9N2O5S2-. The van der Waals surface area contributed by atoms with Crippen LogP contribution in [0.4, 0.5) is 5.69 Å². The van der Waals surface area contributed by atoms with Crippen molar-refractivity contribution in [3.8, 4) is 11.5 Å². The largest absolute Gasteiger partial charge is 0.865 e. The van der Waals surface area contributed by atoms with Gasteiger partial charge in [-0.05, 0) is 17.7 Å². The molecule has 7 nitrogen and oxygen atoms in total. The molecule has 0 aliphatic carbocycles. The van der Waals surface area contributed by atoms with Crippen LogP contribution >= 0.6 is 24.0 Å². The van der Waals surface area contributed by atoms with Crippen LogP contribution in [0.2, 0.25) is 0 Å². The summed E-state index contributed by atoms with van der Waals surface area (Å²) in [6, 6.07) is 2.45. The Hall–Kier alpha value is -2.13. The van der Waals surface area contributed by atoms with Gasteiger partial charge in [0, 0.05) is 18.9 Å². The summed E-state index contributed by atoms with van der Waals surface area (Å²) < 4.78 is 5.23. The van der Waals surface area contributed by atoms with Crippen molar-refractivity contribution < 1.29 is 19.6 Å². The molecule has 110 valence electrons. The number of hydrogen-bond acceptors (Lipinski definition) is 7. The smallest absolute Gasteiger partial charge is 0.266 e. The number of likely N-dealkylation sites (N-methyl/N-ethyl adjacent to an activating group) is 1. The molecule has 2 rings (SSSR count). The fourth-order valence-electron chi connectivity index (χ4n) is 1.68. The summed E-state index contributed by atoms with van der Waals surface area (Å²) >= 11 is 6.08. The van der Waals surface area contributed by atoms with Crippen molar-refractivity contribution >= 4 is 46.0 Å². The quantitative estimate of drug-likeness (QED) is 0.360. The standard InChI is InChI=1S/C12H10N2O5S2/c1-13-11(16)9(21-12(13)20)5-6-3-7(14(17)18)10(15)8(4-6)19-2/h3-5,15H,1-2H3/p-1/b9-5-. The normalized spacial score (nSPS) is 16.7. The number of carbonyl (C=O) groups is 1. The third kappa shape index (κ3) is 2.83. The molecule has 1 saturated heterocycles. The summed E-state index contributed by atoms with van der Waals surface area (Å²) in [5.41, 5.74) is -0.278. The molecule has 0 unspecified atom stereocenters. The van der Waals surface area contributed by atoms with Crippen LogP contribution in [0, 0.1) is 10.1 Å². The highest BCUT2D eigenvalue weighted by Crippen LogP contribution is 2.37. The Bertz CT molecular complexity index is 686. The lowest BCUT2D eigenvalue weighted by molar-refractivity contribution is -0.398. The number of ether oxygens (including phenoxy) is 1. The third-order valence-corrected chi connectivity index (χ3v) is 4.24. The van der Waals surface area contributed by atoms with E-state index in [-0.39, 0.29) is 11.7 Å². The predicted molar refractivity (Wildman–Crippen MR) is 80.0 cm³/mol. The maximum atomic E-state index is 11.9. The van der Waals surface area contributed by atoms with Gasteiger partial charge in [-0.2, -0.15) is 0 Å². The topological polar surface area (TPSA) is 95.7 Å². The van der Waals surface area contributed by atoms with E-state index in [1.54, 1.807) is 7.05 Å². The number of benzene rings is 1. The first-order valence-electron chi connectivity index (χ1n) is 5.60. The first-order valence-corrected chi connectivity index (χ1v) is 6.82. The number of methoxy groups -OCH3 is 1. The SMILES string of the molecule is COc1cc(/C=C2\SC(=S)N(C)C2=O)cc([N+](=O)[O-])c1[O-]. The van der Waals surface area contributed by atoms with Crippen LogP contribution in [-0.4, -0.2) is 34.2 Å². The third-order valence-electron chi connectivity index (χ3n) is 2.76. The highest BCUT2D eigenvalue weighted by Gasteiger charge is 2.28. The van der Waals surface area contributed by atoms with E-state index in [9.17, 15) is 20.0 Å². The van der Waals surface area contributed by atoms with E-state index in [1.165, 1.54) is 24.2 Å². The van der Waals surface area contributed by atoms with Crippen LogP contribution in [0.3, 0.4) is 0 Å². The number of thioether (sulfide) groups is 1. The highest BCUT2D eigenvalue weighted by atomic mass is 32.2. The molecule has 0 spiro atoms. The van der Waals surface area contributed by atoms with Gasteiger partial charge in [-0.1, -0.05) is 24.0 Å². The maximum absolute atomic E-state index is 11.9. The van der Waals surface area contributed by atoms with Gasteiger partial charge in [-0.3, -0.25) is 19.8 Å². The van der Waals surface area contributed by atoms with Crippen LogP contribution in [0.15, 0.2) is 17.0 Å². The van der Waals surface area contributed by atoms with Crippen molar-refractivity contribution in [2.75, 3.05) is 14.2 Å². The van der Waals surface area contributed by atoms with Crippen LogP contribution in [-0.2, 0) is 4.79 Å². The zero-order valence-corrected chi connectivity index (χ0v) is 12.6. The lowest BCUT2D eigenvalue weighted by Gasteiger charge is -2.13. The molecule has 1 heterocycles. The monoisotopic (exact) mass is 325 g/mol. The molecule has 1 amide bonds. The number of nitro groups is 1. The fraction of sp³-hybridized carbons (Fsp3) is 0.167. The Balaban J connectivity index is 2.51. The molecule has 0 N–H and O–H groups in total. The molecule has 0 saturated carbocycles. The lowest BCUT2D eigenvalue weighted by atomic mass is 10.1. The molecule has 9 heteroatoms. The van der Waals surface area contributed by atoms with Crippen LogP contribution in [0.25, 0.3) is 6.08 Å². The average molecular weight is 325 g/mol. The molecule has 1 aliphatic rings. The van der Waals surface area contributed by atoms with Crippen molar-refractivity contribution in [1.82, 2.24) is 4.90 Å². The minimum absolute atomic E-state index is 0.151. The summed E-state index contributed by atoms with van der Waals surface area (Å²) in [4.78, 5) is 23.6. The molecule has 0 radical (unpaired) electrons. The van der Waals surface area contributed by atoms with E-state index in [1.807, 2.05) is 0 Å². The van der Waals surface area contributed by atoms with Crippen molar-refractivity contribution in [2.24, 2.45) is 0 Å². The van der Waals surface area contributed by atoms with Gasteiger partial charge in [0.25, 0.3) is 11.6 Å². The molecular weight excluding hydrogens is 316 g/mol. The van der Waals surface area contributed by atoms with E-state index in [2.05, 4.69) is 0 Å². The van der Waals surface area contributed by atoms with Crippen LogP contribution < -0.4 is 9.84 Å². The predicted octanol–water partition coefficient (Wildman–Crippen LogP) is 1.51. The minimum Gasteiger partial charge on any atom is -0.865 e. The van der Waals surface area contributed by atoms with Gasteiger partial charge >= 0.3 is 0 Å². The van der Waals surface area contributed by atoms with Gasteiger partial charge in [-0.15, -0.1) is 0 Å². The molecule has 0 bridgehead atoms. The zero-order chi connectivity index (χ0) is 15.7. The van der Waals surface area contributed by atoms with E-state index in [4.69, 9.17) is 17.0 Å². The summed E-state index contributed by atoms with van der Waals surface area (Å²) in [5, 5.41) is 22.6. The second-order valence-corrected chi connectivity index (χ2v) is 5.75. The van der Waals surface area contributed by atoms with Crippen molar-refractivity contribution in [2.45, 2.75) is 0 Å². The first kappa shape index (κ1) is 15.3. The molecule has 1 aliphatic heterocycles. The molecule has 0 aromatic heterocycles. The number of carbonyl (C=O) groups excluding carboxylic acids is 1. The van der Waals surface area contributed by atoms with Crippen molar-refractivity contribution in [1.29, 1.82) is 0 Å². The average Bonchev–Trinajstić information content (AvgIpc) is 2.67. The number of amides is 1. The van der Waals surface area contributed by atoms with Crippen molar-refractivity contribution in [3.63, 3.8) is 0 Å². The molecule has 1 aromatic carbocycles. The lowest BCUT2D eigenvalue weighted by Crippen LogP contribution is -2.22. The van der Waals surface area contributed by atoms with E-state index in [0.717, 1.165) is 17.8 Å². The fourth-order valence-corrected chi connectivity index (χ4v) is 2.86. The Labute approximate surface area is 129 Å². The number of hydrogen-bond donors (Lipinski definition) is 0. The van der Waals surface area contributed by atoms with Crippen LogP contribution in [0.5, 0.6) is 11.5 Å². The number of nitro benzene ring substituents is 1.